The molecule has 0 radical (unpaired) electrons. The van der Waals surface area contributed by atoms with E-state index in [9.17, 15) is 14.0 Å². The second-order valence-electron chi connectivity index (χ2n) is 9.90. The molecule has 0 saturated carbocycles. The Hall–Kier alpha value is -4.79. The van der Waals surface area contributed by atoms with E-state index >= 15 is 4.39 Å². The Bertz CT molecular complexity index is 1870. The molecule has 6 rings (SSSR count). The Labute approximate surface area is 228 Å². The maximum absolute atomic E-state index is 15.2. The molecule has 1 aliphatic rings. The molecule has 200 valence electrons. The van der Waals surface area contributed by atoms with Gasteiger partial charge in [-0.3, -0.25) is 9.59 Å². The van der Waals surface area contributed by atoms with Crippen LogP contribution in [0.1, 0.15) is 39.3 Å². The van der Waals surface area contributed by atoms with E-state index in [1.807, 2.05) is 24.5 Å². The number of aryl methyl sites for hydroxylation is 3. The van der Waals surface area contributed by atoms with E-state index in [0.717, 1.165) is 17.7 Å². The van der Waals surface area contributed by atoms with Gasteiger partial charge in [0.15, 0.2) is 28.3 Å². The summed E-state index contributed by atoms with van der Waals surface area (Å²) in [6, 6.07) is 11.7. The van der Waals surface area contributed by atoms with Crippen molar-refractivity contribution < 1.29 is 18.3 Å². The quantitative estimate of drug-likeness (QED) is 0.250. The zero-order chi connectivity index (χ0) is 28.0. The van der Waals surface area contributed by atoms with Gasteiger partial charge < -0.3 is 9.30 Å². The molecule has 0 unspecified atom stereocenters. The number of hydrogen-bond donors (Lipinski definition) is 0. The first-order valence-corrected chi connectivity index (χ1v) is 12.9. The van der Waals surface area contributed by atoms with Crippen LogP contribution >= 0.6 is 0 Å². The number of fused-ring (bicyclic) bond motifs is 2. The molecule has 1 aliphatic heterocycles. The number of ether oxygens (including phenoxy) is 1. The Balaban J connectivity index is 1.29. The Morgan fingerprint density at radius 3 is 2.62 bits per heavy atom. The molecule has 9 heteroatoms. The highest BCUT2D eigenvalue weighted by Gasteiger charge is 2.25. The summed E-state index contributed by atoms with van der Waals surface area (Å²) in [5.41, 5.74) is 4.39. The van der Waals surface area contributed by atoms with Crippen LogP contribution in [0.4, 0.5) is 8.78 Å². The number of pyridine rings is 2. The van der Waals surface area contributed by atoms with Crippen LogP contribution in [0.25, 0.3) is 22.2 Å². The summed E-state index contributed by atoms with van der Waals surface area (Å²) in [6.45, 7) is 4.46. The number of ketones is 1. The molecule has 40 heavy (non-hydrogen) atoms. The molecule has 3 aromatic heterocycles. The normalized spacial score (nSPS) is 12.5. The summed E-state index contributed by atoms with van der Waals surface area (Å²) < 4.78 is 36.3. The zero-order valence-corrected chi connectivity index (χ0v) is 21.9. The highest BCUT2D eigenvalue weighted by Crippen LogP contribution is 2.29. The standard InChI is InChI=1S/C31H24F2N4O3/c1-17-12-24-29(36-18(17)2)31(35-16-34-24)40-27-10-5-19(13-23(27)33)14-26(38)28-25-4-3-11-37(25)15-22(30(28)39)20-6-8-21(32)9-7-20/h5-10,12-13,15-16H,3-4,11,14H2,1-2H3. The van der Waals surface area contributed by atoms with Gasteiger partial charge in [0.1, 0.15) is 12.1 Å². The van der Waals surface area contributed by atoms with Crippen LogP contribution in [0.15, 0.2) is 65.8 Å². The van der Waals surface area contributed by atoms with Gasteiger partial charge in [-0.1, -0.05) is 18.2 Å². The molecule has 0 aliphatic carbocycles. The highest BCUT2D eigenvalue weighted by atomic mass is 19.1. The lowest BCUT2D eigenvalue weighted by Crippen LogP contribution is -2.23. The lowest BCUT2D eigenvalue weighted by atomic mass is 9.96. The van der Waals surface area contributed by atoms with Crippen LogP contribution in [0.5, 0.6) is 11.6 Å². The lowest BCUT2D eigenvalue weighted by Gasteiger charge is -2.13. The fourth-order valence-corrected chi connectivity index (χ4v) is 5.05. The molecule has 2 aromatic carbocycles. The van der Waals surface area contributed by atoms with E-state index < -0.39 is 22.8 Å². The van der Waals surface area contributed by atoms with E-state index in [4.69, 9.17) is 4.74 Å². The second kappa shape index (κ2) is 10.1. The van der Waals surface area contributed by atoms with Crippen molar-refractivity contribution in [2.45, 2.75) is 39.7 Å². The molecule has 7 nitrogen and oxygen atoms in total. The Morgan fingerprint density at radius 1 is 1.05 bits per heavy atom. The summed E-state index contributed by atoms with van der Waals surface area (Å²) >= 11 is 0. The predicted octanol–water partition coefficient (Wildman–Crippen LogP) is 5.91. The first-order valence-electron chi connectivity index (χ1n) is 12.9. The van der Waals surface area contributed by atoms with Gasteiger partial charge in [-0.25, -0.2) is 18.7 Å². The average Bonchev–Trinajstić information content (AvgIpc) is 3.39. The third-order valence-electron chi connectivity index (χ3n) is 7.23. The van der Waals surface area contributed by atoms with Crippen LogP contribution in [-0.2, 0) is 19.4 Å². The van der Waals surface area contributed by atoms with Crippen molar-refractivity contribution in [3.8, 4) is 22.8 Å². The second-order valence-corrected chi connectivity index (χ2v) is 9.90. The minimum Gasteiger partial charge on any atom is -0.434 e. The maximum Gasteiger partial charge on any atom is 0.249 e. The van der Waals surface area contributed by atoms with E-state index in [1.54, 1.807) is 12.3 Å². The molecule has 0 saturated heterocycles. The number of carbonyl (C=O) groups excluding carboxylic acids is 1. The summed E-state index contributed by atoms with van der Waals surface area (Å²) in [5.74, 6) is -1.44. The minimum absolute atomic E-state index is 0.0736. The van der Waals surface area contributed by atoms with Crippen LogP contribution < -0.4 is 10.2 Å². The molecule has 0 bridgehead atoms. The summed E-state index contributed by atoms with van der Waals surface area (Å²) in [6.07, 6.45) is 4.30. The maximum atomic E-state index is 15.2. The number of halogens is 2. The predicted molar refractivity (Wildman–Crippen MR) is 146 cm³/mol. The van der Waals surface area contributed by atoms with Crippen LogP contribution in [0.2, 0.25) is 0 Å². The first-order chi connectivity index (χ1) is 19.3. The van der Waals surface area contributed by atoms with E-state index in [-0.39, 0.29) is 23.6 Å². The molecular weight excluding hydrogens is 514 g/mol. The van der Waals surface area contributed by atoms with Crippen LogP contribution in [0.3, 0.4) is 0 Å². The first kappa shape index (κ1) is 25.5. The average molecular weight is 539 g/mol. The van der Waals surface area contributed by atoms with Gasteiger partial charge >= 0.3 is 0 Å². The van der Waals surface area contributed by atoms with E-state index in [1.165, 1.54) is 42.7 Å². The molecular formula is C31H24F2N4O3. The van der Waals surface area contributed by atoms with E-state index in [0.29, 0.717) is 46.4 Å². The van der Waals surface area contributed by atoms with Crippen molar-refractivity contribution in [1.29, 1.82) is 0 Å². The molecule has 0 spiro atoms. The van der Waals surface area contributed by atoms with Gasteiger partial charge in [0.05, 0.1) is 11.1 Å². The van der Waals surface area contributed by atoms with Gasteiger partial charge in [-0.15, -0.1) is 0 Å². The number of benzene rings is 2. The topological polar surface area (TPSA) is 87.0 Å². The Kier molecular flexibility index (Phi) is 6.42. The number of aromatic nitrogens is 4. The van der Waals surface area contributed by atoms with Crippen molar-refractivity contribution in [3.63, 3.8) is 0 Å². The lowest BCUT2D eigenvalue weighted by molar-refractivity contribution is 0.0990. The van der Waals surface area contributed by atoms with Gasteiger partial charge in [0, 0.05) is 36.1 Å². The van der Waals surface area contributed by atoms with Crippen molar-refractivity contribution in [2.75, 3.05) is 0 Å². The van der Waals surface area contributed by atoms with E-state index in [2.05, 4.69) is 15.0 Å². The smallest absolute Gasteiger partial charge is 0.249 e. The minimum atomic E-state index is -0.678. The molecule has 0 amide bonds. The van der Waals surface area contributed by atoms with Gasteiger partial charge in [0.2, 0.25) is 5.88 Å². The third kappa shape index (κ3) is 4.64. The number of hydrogen-bond acceptors (Lipinski definition) is 6. The molecule has 0 N–H and O–H groups in total. The third-order valence-corrected chi connectivity index (χ3v) is 7.23. The van der Waals surface area contributed by atoms with Gasteiger partial charge in [-0.2, -0.15) is 4.98 Å². The van der Waals surface area contributed by atoms with Crippen molar-refractivity contribution in [2.24, 2.45) is 0 Å². The molecule has 5 aromatic rings. The van der Waals surface area contributed by atoms with Crippen molar-refractivity contribution in [3.05, 3.63) is 111 Å². The summed E-state index contributed by atoms with van der Waals surface area (Å²) in [4.78, 5) is 39.8. The Morgan fingerprint density at radius 2 is 1.85 bits per heavy atom. The van der Waals surface area contributed by atoms with Gasteiger partial charge in [0.25, 0.3) is 0 Å². The molecule has 0 atom stereocenters. The number of rotatable bonds is 6. The van der Waals surface area contributed by atoms with Gasteiger partial charge in [-0.05, 0) is 73.7 Å². The van der Waals surface area contributed by atoms with Crippen LogP contribution in [-0.4, -0.2) is 25.3 Å². The largest absolute Gasteiger partial charge is 0.434 e. The number of Topliss-reactive ketones (excluding diaryl/α,β-unsaturated/α-hetero) is 1. The monoisotopic (exact) mass is 538 g/mol. The fraction of sp³-hybridized carbons (Fsp3) is 0.194. The summed E-state index contributed by atoms with van der Waals surface area (Å²) in [7, 11) is 0. The zero-order valence-electron chi connectivity index (χ0n) is 21.9. The fourth-order valence-electron chi connectivity index (χ4n) is 5.05. The highest BCUT2D eigenvalue weighted by molar-refractivity contribution is 5.99. The van der Waals surface area contributed by atoms with Crippen molar-refractivity contribution >= 4 is 16.8 Å². The molecule has 0 fully saturated rings. The summed E-state index contributed by atoms with van der Waals surface area (Å²) in [5, 5.41) is 0. The van der Waals surface area contributed by atoms with Crippen molar-refractivity contribution in [1.82, 2.24) is 19.5 Å². The number of nitrogens with zero attached hydrogens (tertiary/aromatic N) is 4. The van der Waals surface area contributed by atoms with Crippen LogP contribution in [0, 0.1) is 25.5 Å². The SMILES string of the molecule is Cc1cc2ncnc(Oc3ccc(CC(=O)c4c5n(cc(-c6ccc(F)cc6)c4=O)CCC5)cc3F)c2nc1C. The number of carbonyl (C=O) groups is 1. The molecule has 4 heterocycles.